The van der Waals surface area contributed by atoms with Gasteiger partial charge in [0.1, 0.15) is 7.28 Å². The molecular weight excluding hydrogens is 179 g/mol. The fraction of sp³-hybridized carbons (Fsp3) is 0.778. The Morgan fingerprint density at radius 3 is 2.64 bits per heavy atom. The van der Waals surface area contributed by atoms with Crippen LogP contribution < -0.4 is 5.76 Å². The molecule has 1 atom stereocenters. The molecule has 0 spiro atoms. The van der Waals surface area contributed by atoms with Crippen LogP contribution in [-0.2, 0) is 5.31 Å². The monoisotopic (exact) mass is 195 g/mol. The van der Waals surface area contributed by atoms with Crippen molar-refractivity contribution in [3.05, 3.63) is 16.4 Å². The zero-order valence-corrected chi connectivity index (χ0v) is 9.13. The van der Waals surface area contributed by atoms with E-state index in [0.717, 1.165) is 6.42 Å². The second-order valence-corrected chi connectivity index (χ2v) is 4.10. The summed E-state index contributed by atoms with van der Waals surface area (Å²) in [5.41, 5.74) is 0. The van der Waals surface area contributed by atoms with Crippen molar-refractivity contribution in [2.75, 3.05) is 0 Å². The fourth-order valence-electron chi connectivity index (χ4n) is 1.55. The molecule has 0 saturated heterocycles. The number of H-pyrrole nitrogens is 1. The van der Waals surface area contributed by atoms with Crippen molar-refractivity contribution in [1.82, 2.24) is 10.2 Å². The van der Waals surface area contributed by atoms with Gasteiger partial charge in [0, 0.05) is 5.31 Å². The molecule has 1 aromatic heterocycles. The van der Waals surface area contributed by atoms with Gasteiger partial charge in [0.15, 0.2) is 0 Å². The number of hydrogen-bond donors (Lipinski definition) is 1. The Kier molecular flexibility index (Phi) is 3.19. The van der Waals surface area contributed by atoms with Crippen LogP contribution in [0.5, 0.6) is 0 Å². The highest BCUT2D eigenvalue weighted by molar-refractivity contribution is 6.41. The van der Waals surface area contributed by atoms with E-state index in [0.29, 0.717) is 11.7 Å². The van der Waals surface area contributed by atoms with Crippen LogP contribution >= 0.6 is 0 Å². The molecule has 0 amide bonds. The van der Waals surface area contributed by atoms with Gasteiger partial charge >= 0.3 is 5.76 Å². The van der Waals surface area contributed by atoms with Crippen molar-refractivity contribution in [2.24, 2.45) is 0 Å². The average molecular weight is 195 g/mol. The minimum absolute atomic E-state index is 0.257. The Bertz CT molecular complexity index is 345. The second-order valence-electron chi connectivity index (χ2n) is 4.10. The minimum atomic E-state index is -0.489. The molecular formula is C9H16BN2O2. The van der Waals surface area contributed by atoms with E-state index in [4.69, 9.17) is 4.42 Å². The molecule has 0 aliphatic heterocycles. The lowest BCUT2D eigenvalue weighted by atomic mass is 9.46. The van der Waals surface area contributed by atoms with E-state index >= 15 is 0 Å². The summed E-state index contributed by atoms with van der Waals surface area (Å²) in [5, 5.41) is 5.91. The maximum absolute atomic E-state index is 10.8. The highest BCUT2D eigenvalue weighted by Gasteiger charge is 2.31. The van der Waals surface area contributed by atoms with E-state index in [1.807, 2.05) is 13.8 Å². The van der Waals surface area contributed by atoms with Gasteiger partial charge in [-0.2, -0.15) is 0 Å². The molecule has 1 N–H and O–H groups in total. The van der Waals surface area contributed by atoms with Gasteiger partial charge in [-0.3, -0.25) is 0 Å². The molecule has 0 fully saturated rings. The van der Waals surface area contributed by atoms with E-state index in [-0.39, 0.29) is 5.31 Å². The van der Waals surface area contributed by atoms with Crippen LogP contribution in [0.3, 0.4) is 0 Å². The Morgan fingerprint density at radius 2 is 2.29 bits per heavy atom. The molecule has 77 valence electrons. The normalized spacial score (nSPS) is 15.5. The summed E-state index contributed by atoms with van der Waals surface area (Å²) in [6.45, 7) is 8.26. The Morgan fingerprint density at radius 1 is 1.64 bits per heavy atom. The molecule has 0 aromatic carbocycles. The quantitative estimate of drug-likeness (QED) is 0.741. The molecule has 14 heavy (non-hydrogen) atoms. The maximum Gasteiger partial charge on any atom is 0.434 e. The smallest absolute Gasteiger partial charge is 0.393 e. The van der Waals surface area contributed by atoms with Gasteiger partial charge in [-0.05, 0) is 6.42 Å². The van der Waals surface area contributed by atoms with Crippen molar-refractivity contribution >= 4 is 7.28 Å². The van der Waals surface area contributed by atoms with Gasteiger partial charge in [0.25, 0.3) is 0 Å². The summed E-state index contributed by atoms with van der Waals surface area (Å²) in [6.07, 6.45) is 0.860. The van der Waals surface area contributed by atoms with Crippen LogP contribution in [0, 0.1) is 0 Å². The molecule has 1 aromatic rings. The van der Waals surface area contributed by atoms with Crippen molar-refractivity contribution in [3.63, 3.8) is 0 Å². The lowest BCUT2D eigenvalue weighted by Gasteiger charge is -2.24. The third-order valence-electron chi connectivity index (χ3n) is 2.36. The summed E-state index contributed by atoms with van der Waals surface area (Å²) in [6, 6.07) is 0. The molecule has 0 aliphatic carbocycles. The van der Waals surface area contributed by atoms with Gasteiger partial charge in [0.2, 0.25) is 5.89 Å². The van der Waals surface area contributed by atoms with Gasteiger partial charge in [-0.25, -0.2) is 9.89 Å². The van der Waals surface area contributed by atoms with Crippen molar-refractivity contribution in [1.29, 1.82) is 0 Å². The van der Waals surface area contributed by atoms with Crippen LogP contribution in [-0.4, -0.2) is 17.5 Å². The predicted octanol–water partition coefficient (Wildman–Crippen LogP) is 1.52. The highest BCUT2D eigenvalue weighted by atomic mass is 16.4. The molecule has 0 aliphatic rings. The zero-order valence-electron chi connectivity index (χ0n) is 9.13. The first-order chi connectivity index (χ1) is 6.48. The summed E-state index contributed by atoms with van der Waals surface area (Å²) >= 11 is 0. The lowest BCUT2D eigenvalue weighted by Crippen LogP contribution is -2.31. The van der Waals surface area contributed by atoms with Crippen molar-refractivity contribution < 1.29 is 4.42 Å². The third-order valence-corrected chi connectivity index (χ3v) is 2.36. The number of hydrogen-bond acceptors (Lipinski definition) is 3. The Labute approximate surface area is 84.3 Å². The zero-order chi connectivity index (χ0) is 10.8. The second kappa shape index (κ2) is 4.03. The van der Waals surface area contributed by atoms with Crippen molar-refractivity contribution in [2.45, 2.75) is 45.2 Å². The molecule has 0 bridgehead atoms. The van der Waals surface area contributed by atoms with E-state index < -0.39 is 5.76 Å². The van der Waals surface area contributed by atoms with Gasteiger partial charge in [-0.15, -0.1) is 5.10 Å². The first-order valence-electron chi connectivity index (χ1n) is 4.90. The molecule has 1 rings (SSSR count). The van der Waals surface area contributed by atoms with Gasteiger partial charge in [-0.1, -0.05) is 33.5 Å². The molecule has 5 heteroatoms. The van der Waals surface area contributed by atoms with Gasteiger partial charge in [0.05, 0.1) is 0 Å². The summed E-state index contributed by atoms with van der Waals surface area (Å²) in [5.74, 6) is 0.414. The first-order valence-corrected chi connectivity index (χ1v) is 4.90. The highest BCUT2D eigenvalue weighted by Crippen LogP contribution is 2.26. The number of nitrogens with one attached hydrogen (secondary N) is 1. The predicted molar refractivity (Wildman–Crippen MR) is 55.6 cm³/mol. The molecule has 1 radical (unpaired) electrons. The third kappa shape index (κ3) is 2.27. The maximum atomic E-state index is 10.8. The molecule has 0 saturated carbocycles. The first kappa shape index (κ1) is 11.1. The van der Waals surface area contributed by atoms with Crippen LogP contribution in [0.1, 0.15) is 40.0 Å². The summed E-state index contributed by atoms with van der Waals surface area (Å²) in [4.78, 5) is 10.8. The SMILES string of the molecule is CCC(C)([B]C(C)C)c1n[nH]c(=O)o1. The topological polar surface area (TPSA) is 58.9 Å². The Balaban J connectivity index is 2.95. The molecule has 4 nitrogen and oxygen atoms in total. The van der Waals surface area contributed by atoms with E-state index in [2.05, 4.69) is 31.3 Å². The van der Waals surface area contributed by atoms with Crippen LogP contribution in [0.25, 0.3) is 0 Å². The summed E-state index contributed by atoms with van der Waals surface area (Å²) < 4.78 is 4.99. The lowest BCUT2D eigenvalue weighted by molar-refractivity contribution is 0.398. The minimum Gasteiger partial charge on any atom is -0.393 e. The van der Waals surface area contributed by atoms with Crippen LogP contribution in [0.15, 0.2) is 9.21 Å². The summed E-state index contributed by atoms with van der Waals surface area (Å²) in [7, 11) is 2.14. The number of rotatable bonds is 4. The largest absolute Gasteiger partial charge is 0.434 e. The number of aromatic nitrogens is 2. The number of aromatic amines is 1. The van der Waals surface area contributed by atoms with Crippen molar-refractivity contribution in [3.8, 4) is 0 Å². The molecule has 1 heterocycles. The molecule has 1 unspecified atom stereocenters. The number of nitrogens with zero attached hydrogens (tertiary/aromatic N) is 1. The van der Waals surface area contributed by atoms with E-state index in [9.17, 15) is 4.79 Å². The van der Waals surface area contributed by atoms with Gasteiger partial charge < -0.3 is 4.42 Å². The van der Waals surface area contributed by atoms with Crippen LogP contribution in [0.2, 0.25) is 5.82 Å². The Hall–Kier alpha value is -0.995. The van der Waals surface area contributed by atoms with E-state index in [1.165, 1.54) is 0 Å². The van der Waals surface area contributed by atoms with Crippen LogP contribution in [0.4, 0.5) is 0 Å². The standard InChI is InChI=1S/C9H16BN2O2/c1-5-9(4,10-6(2)3)7-11-12-8(13)14-7/h6H,5H2,1-4H3,(H,12,13). The van der Waals surface area contributed by atoms with E-state index in [1.54, 1.807) is 0 Å². The average Bonchev–Trinajstić information content (AvgIpc) is 2.51. The fourth-order valence-corrected chi connectivity index (χ4v) is 1.55.